The largest absolute Gasteiger partial charge is 0.396 e. The summed E-state index contributed by atoms with van der Waals surface area (Å²) in [7, 11) is 1.73. The lowest BCUT2D eigenvalue weighted by molar-refractivity contribution is -0.117. The molecule has 0 unspecified atom stereocenters. The summed E-state index contributed by atoms with van der Waals surface area (Å²) in [5.41, 5.74) is 2.87. The van der Waals surface area contributed by atoms with Crippen LogP contribution in [0.15, 0.2) is 42.6 Å². The molecule has 7 nitrogen and oxygen atoms in total. The zero-order valence-corrected chi connectivity index (χ0v) is 17.2. The Kier molecular flexibility index (Phi) is 7.55. The van der Waals surface area contributed by atoms with Crippen LogP contribution in [0.5, 0.6) is 0 Å². The number of hydrogen-bond donors (Lipinski definition) is 1. The Labute approximate surface area is 172 Å². The molecule has 1 saturated heterocycles. The molecule has 0 saturated carbocycles. The number of benzene rings is 1. The normalized spacial score (nSPS) is 16.7. The molecule has 29 heavy (non-hydrogen) atoms. The van der Waals surface area contributed by atoms with Gasteiger partial charge in [0.25, 0.3) is 0 Å². The summed E-state index contributed by atoms with van der Waals surface area (Å²) in [6.07, 6.45) is 9.09. The van der Waals surface area contributed by atoms with Gasteiger partial charge >= 0.3 is 0 Å². The average Bonchev–Trinajstić information content (AvgIpc) is 3.35. The summed E-state index contributed by atoms with van der Waals surface area (Å²) in [5.74, 6) is 0.410. The van der Waals surface area contributed by atoms with Gasteiger partial charge in [0.2, 0.25) is 5.91 Å². The van der Waals surface area contributed by atoms with Gasteiger partial charge in [0, 0.05) is 57.4 Å². The van der Waals surface area contributed by atoms with E-state index < -0.39 is 0 Å². The van der Waals surface area contributed by atoms with Gasteiger partial charge in [-0.05, 0) is 30.5 Å². The first kappa shape index (κ1) is 21.2. The van der Waals surface area contributed by atoms with Gasteiger partial charge in [0.15, 0.2) is 0 Å². The number of carbonyl (C=O) groups excluding carboxylic acids is 1. The molecule has 2 atom stereocenters. The molecule has 1 aliphatic rings. The van der Waals surface area contributed by atoms with Crippen LogP contribution in [0, 0.1) is 5.92 Å². The van der Waals surface area contributed by atoms with Gasteiger partial charge in [-0.2, -0.15) is 0 Å². The first-order chi connectivity index (χ1) is 14.1. The summed E-state index contributed by atoms with van der Waals surface area (Å²) in [6.45, 7) is 3.78. The van der Waals surface area contributed by atoms with Crippen molar-refractivity contribution in [3.8, 4) is 0 Å². The third-order valence-corrected chi connectivity index (χ3v) is 5.26. The van der Waals surface area contributed by atoms with E-state index in [4.69, 9.17) is 9.84 Å². The van der Waals surface area contributed by atoms with Gasteiger partial charge in [-0.15, -0.1) is 5.10 Å². The molecule has 1 aliphatic heterocycles. The molecule has 156 valence electrons. The van der Waals surface area contributed by atoms with Crippen molar-refractivity contribution in [3.63, 3.8) is 0 Å². The maximum Gasteiger partial charge on any atom is 0.227 e. The van der Waals surface area contributed by atoms with E-state index >= 15 is 0 Å². The highest BCUT2D eigenvalue weighted by Gasteiger charge is 2.22. The summed E-state index contributed by atoms with van der Waals surface area (Å²) in [5, 5.41) is 17.0. The van der Waals surface area contributed by atoms with E-state index in [1.165, 1.54) is 0 Å². The van der Waals surface area contributed by atoms with Crippen LogP contribution < -0.4 is 4.90 Å². The highest BCUT2D eigenvalue weighted by Crippen LogP contribution is 2.29. The van der Waals surface area contributed by atoms with E-state index in [1.54, 1.807) is 11.8 Å². The summed E-state index contributed by atoms with van der Waals surface area (Å²) in [4.78, 5) is 13.8. The minimum absolute atomic E-state index is 0.0443. The second-order valence-electron chi connectivity index (χ2n) is 7.42. The number of methoxy groups -OCH3 is 1. The topological polar surface area (TPSA) is 80.5 Å². The van der Waals surface area contributed by atoms with Crippen LogP contribution in [0.4, 0.5) is 5.69 Å². The van der Waals surface area contributed by atoms with E-state index in [1.807, 2.05) is 23.2 Å². The van der Waals surface area contributed by atoms with Crippen molar-refractivity contribution >= 4 is 11.6 Å². The van der Waals surface area contributed by atoms with Crippen LogP contribution in [0.1, 0.15) is 43.5 Å². The first-order valence-electron chi connectivity index (χ1n) is 10.2. The lowest BCUT2D eigenvalue weighted by Gasteiger charge is -2.22. The highest BCUT2D eigenvalue weighted by molar-refractivity contribution is 5.95. The lowest BCUT2D eigenvalue weighted by atomic mass is 9.96. The number of aromatic nitrogens is 3. The number of allylic oxidation sites excluding steroid dienone is 1. The molecule has 2 aromatic rings. The van der Waals surface area contributed by atoms with Gasteiger partial charge in [-0.1, -0.05) is 36.4 Å². The molecule has 0 spiro atoms. The van der Waals surface area contributed by atoms with Crippen molar-refractivity contribution in [1.29, 1.82) is 0 Å². The maximum absolute atomic E-state index is 11.9. The minimum atomic E-state index is -0.0443. The monoisotopic (exact) mass is 398 g/mol. The van der Waals surface area contributed by atoms with Crippen LogP contribution in [-0.4, -0.2) is 46.3 Å². The van der Waals surface area contributed by atoms with Crippen LogP contribution in [-0.2, 0) is 22.5 Å². The lowest BCUT2D eigenvalue weighted by Crippen LogP contribution is -2.23. The number of anilines is 1. The number of aliphatic hydroxyl groups excluding tert-OH is 1. The van der Waals surface area contributed by atoms with E-state index in [9.17, 15) is 4.79 Å². The minimum Gasteiger partial charge on any atom is -0.396 e. The van der Waals surface area contributed by atoms with Crippen molar-refractivity contribution in [1.82, 2.24) is 15.0 Å². The fourth-order valence-electron chi connectivity index (χ4n) is 3.71. The zero-order chi connectivity index (χ0) is 20.6. The second kappa shape index (κ2) is 10.3. The molecule has 3 rings (SSSR count). The molecular weight excluding hydrogens is 368 g/mol. The van der Waals surface area contributed by atoms with Gasteiger partial charge in [0.1, 0.15) is 0 Å². The SMILES string of the molecule is CO[C@H](c1ccc(N2CCCC2=O)cc1)[C@H](C)/C=C/CCn1cc(CCO)nn1. The van der Waals surface area contributed by atoms with Gasteiger partial charge in [0.05, 0.1) is 11.8 Å². The Morgan fingerprint density at radius 1 is 1.31 bits per heavy atom. The molecule has 0 radical (unpaired) electrons. The van der Waals surface area contributed by atoms with Crippen molar-refractivity contribution in [2.75, 3.05) is 25.2 Å². The van der Waals surface area contributed by atoms with E-state index in [-0.39, 0.29) is 24.5 Å². The first-order valence-corrected chi connectivity index (χ1v) is 10.2. The predicted molar refractivity (Wildman–Crippen MR) is 112 cm³/mol. The average molecular weight is 399 g/mol. The van der Waals surface area contributed by atoms with Crippen molar-refractivity contribution in [2.45, 2.75) is 45.3 Å². The number of aryl methyl sites for hydroxylation is 1. The quantitative estimate of drug-likeness (QED) is 0.623. The fourth-order valence-corrected chi connectivity index (χ4v) is 3.71. The van der Waals surface area contributed by atoms with Gasteiger partial charge in [-0.3, -0.25) is 9.48 Å². The van der Waals surface area contributed by atoms with Crippen LogP contribution >= 0.6 is 0 Å². The molecule has 7 heteroatoms. The number of hydrogen-bond acceptors (Lipinski definition) is 5. The highest BCUT2D eigenvalue weighted by atomic mass is 16.5. The number of amides is 1. The van der Waals surface area contributed by atoms with Gasteiger partial charge in [-0.25, -0.2) is 0 Å². The third kappa shape index (κ3) is 5.52. The number of nitrogens with zero attached hydrogens (tertiary/aromatic N) is 4. The number of ether oxygens (including phenoxy) is 1. The summed E-state index contributed by atoms with van der Waals surface area (Å²) >= 11 is 0. The van der Waals surface area contributed by atoms with E-state index in [2.05, 4.69) is 41.5 Å². The molecular formula is C22H30N4O3. The van der Waals surface area contributed by atoms with E-state index in [0.717, 1.165) is 42.9 Å². The van der Waals surface area contributed by atoms with Crippen molar-refractivity contribution in [2.24, 2.45) is 5.92 Å². The zero-order valence-electron chi connectivity index (χ0n) is 17.2. The Balaban J connectivity index is 1.54. The Morgan fingerprint density at radius 3 is 2.76 bits per heavy atom. The Bertz CT molecular complexity index is 816. The molecule has 0 bridgehead atoms. The molecule has 2 heterocycles. The smallest absolute Gasteiger partial charge is 0.227 e. The van der Waals surface area contributed by atoms with Crippen LogP contribution in [0.25, 0.3) is 0 Å². The maximum atomic E-state index is 11.9. The fraction of sp³-hybridized carbons (Fsp3) is 0.500. The van der Waals surface area contributed by atoms with E-state index in [0.29, 0.717) is 12.8 Å². The third-order valence-electron chi connectivity index (χ3n) is 5.26. The predicted octanol–water partition coefficient (Wildman–Crippen LogP) is 2.91. The standard InChI is InChI=1S/C22H30N4O3/c1-17(6-3-4-13-25-16-19(12-15-27)23-24-25)22(29-2)18-8-10-20(11-9-18)26-14-5-7-21(26)28/h3,6,8-11,16-17,22,27H,4-5,7,12-15H2,1-2H3/b6-3+/t17-,22+/m1/s1. The molecule has 1 N–H and O–H groups in total. The molecule has 1 fully saturated rings. The second-order valence-corrected chi connectivity index (χ2v) is 7.42. The molecule has 1 aromatic heterocycles. The Hall–Kier alpha value is -2.51. The summed E-state index contributed by atoms with van der Waals surface area (Å²) in [6, 6.07) is 8.13. The number of rotatable bonds is 10. The van der Waals surface area contributed by atoms with Crippen LogP contribution in [0.2, 0.25) is 0 Å². The summed E-state index contributed by atoms with van der Waals surface area (Å²) < 4.78 is 7.54. The number of carbonyl (C=O) groups is 1. The molecule has 1 amide bonds. The number of aliphatic hydroxyl groups is 1. The van der Waals surface area contributed by atoms with Crippen LogP contribution in [0.3, 0.4) is 0 Å². The Morgan fingerprint density at radius 2 is 2.10 bits per heavy atom. The molecule has 1 aromatic carbocycles. The van der Waals surface area contributed by atoms with Crippen molar-refractivity contribution in [3.05, 3.63) is 53.9 Å². The van der Waals surface area contributed by atoms with Crippen molar-refractivity contribution < 1.29 is 14.6 Å². The molecule has 0 aliphatic carbocycles. The van der Waals surface area contributed by atoms with Gasteiger partial charge < -0.3 is 14.7 Å².